The first-order valence-electron chi connectivity index (χ1n) is 4.88. The van der Waals surface area contributed by atoms with Crippen LogP contribution in [-0.4, -0.2) is 15.7 Å². The van der Waals surface area contributed by atoms with Gasteiger partial charge in [0.2, 0.25) is 5.91 Å². The second kappa shape index (κ2) is 5.26. The summed E-state index contributed by atoms with van der Waals surface area (Å²) in [6, 6.07) is 3.74. The van der Waals surface area contributed by atoms with Gasteiger partial charge in [-0.2, -0.15) is 0 Å². The van der Waals surface area contributed by atoms with E-state index in [0.717, 1.165) is 5.56 Å². The van der Waals surface area contributed by atoms with Gasteiger partial charge in [0.05, 0.1) is 4.83 Å². The van der Waals surface area contributed by atoms with E-state index in [1.54, 1.807) is 6.20 Å². The van der Waals surface area contributed by atoms with Crippen molar-refractivity contribution in [3.63, 3.8) is 0 Å². The average Bonchev–Trinajstić information content (AvgIpc) is 2.16. The number of nitrogens with one attached hydrogen (secondary N) is 1. The van der Waals surface area contributed by atoms with Crippen molar-refractivity contribution >= 4 is 27.7 Å². The van der Waals surface area contributed by atoms with Gasteiger partial charge in [0.15, 0.2) is 0 Å². The second-order valence-electron chi connectivity index (χ2n) is 3.85. The number of pyridine rings is 1. The second-order valence-corrected chi connectivity index (χ2v) is 4.84. The Morgan fingerprint density at radius 1 is 1.53 bits per heavy atom. The van der Waals surface area contributed by atoms with Crippen molar-refractivity contribution in [2.45, 2.75) is 25.6 Å². The molecule has 0 aliphatic carbocycles. The molecule has 1 atom stereocenters. The number of rotatable bonds is 3. The quantitative estimate of drug-likeness (QED) is 0.859. The van der Waals surface area contributed by atoms with Crippen LogP contribution in [0.15, 0.2) is 18.3 Å². The van der Waals surface area contributed by atoms with E-state index in [0.29, 0.717) is 5.82 Å². The van der Waals surface area contributed by atoms with Gasteiger partial charge in [-0.25, -0.2) is 4.98 Å². The molecule has 15 heavy (non-hydrogen) atoms. The lowest BCUT2D eigenvalue weighted by atomic mass is 10.1. The first-order chi connectivity index (χ1) is 7.00. The minimum Gasteiger partial charge on any atom is -0.310 e. The number of aryl methyl sites for hydroxylation is 1. The number of nitrogens with zero attached hydrogens (tertiary/aromatic N) is 1. The Morgan fingerprint density at radius 2 is 2.20 bits per heavy atom. The maximum atomic E-state index is 11.7. The largest absolute Gasteiger partial charge is 0.310 e. The van der Waals surface area contributed by atoms with E-state index in [1.807, 2.05) is 32.9 Å². The number of alkyl halides is 1. The lowest BCUT2D eigenvalue weighted by Gasteiger charge is -2.13. The third-order valence-electron chi connectivity index (χ3n) is 2.00. The van der Waals surface area contributed by atoms with Crippen molar-refractivity contribution in [2.75, 3.05) is 5.32 Å². The predicted molar refractivity (Wildman–Crippen MR) is 65.2 cm³/mol. The van der Waals surface area contributed by atoms with Gasteiger partial charge >= 0.3 is 0 Å². The molecule has 1 aromatic rings. The van der Waals surface area contributed by atoms with Crippen molar-refractivity contribution < 1.29 is 4.79 Å². The Morgan fingerprint density at radius 3 is 2.73 bits per heavy atom. The van der Waals surface area contributed by atoms with Gasteiger partial charge in [0.25, 0.3) is 0 Å². The number of aromatic nitrogens is 1. The summed E-state index contributed by atoms with van der Waals surface area (Å²) in [4.78, 5) is 15.6. The zero-order valence-corrected chi connectivity index (χ0v) is 10.7. The number of halogens is 1. The van der Waals surface area contributed by atoms with Crippen LogP contribution in [0.1, 0.15) is 19.4 Å². The highest BCUT2D eigenvalue weighted by Gasteiger charge is 2.18. The monoisotopic (exact) mass is 270 g/mol. The van der Waals surface area contributed by atoms with E-state index in [-0.39, 0.29) is 16.7 Å². The van der Waals surface area contributed by atoms with Crippen LogP contribution in [0, 0.1) is 12.8 Å². The SMILES string of the molecule is Cc1ccnc(NC(=O)C(Br)C(C)C)c1. The molecule has 0 fully saturated rings. The maximum absolute atomic E-state index is 11.7. The molecule has 3 nitrogen and oxygen atoms in total. The van der Waals surface area contributed by atoms with Crippen molar-refractivity contribution in [3.05, 3.63) is 23.9 Å². The lowest BCUT2D eigenvalue weighted by molar-refractivity contribution is -0.116. The summed E-state index contributed by atoms with van der Waals surface area (Å²) in [5, 5.41) is 2.77. The number of hydrogen-bond donors (Lipinski definition) is 1. The highest BCUT2D eigenvalue weighted by Crippen LogP contribution is 2.14. The molecule has 1 aromatic heterocycles. The summed E-state index contributed by atoms with van der Waals surface area (Å²) < 4.78 is 0. The van der Waals surface area contributed by atoms with E-state index in [4.69, 9.17) is 0 Å². The Labute approximate surface area is 98.4 Å². The van der Waals surface area contributed by atoms with Gasteiger partial charge in [-0.1, -0.05) is 29.8 Å². The molecule has 0 aliphatic heterocycles. The van der Waals surface area contributed by atoms with E-state index in [1.165, 1.54) is 0 Å². The standard InChI is InChI=1S/C11H15BrN2O/c1-7(2)10(12)11(15)14-9-6-8(3)4-5-13-9/h4-7,10H,1-3H3,(H,13,14,15). The summed E-state index contributed by atoms with van der Waals surface area (Å²) in [7, 11) is 0. The topological polar surface area (TPSA) is 42.0 Å². The van der Waals surface area contributed by atoms with Crippen LogP contribution in [0.25, 0.3) is 0 Å². The highest BCUT2D eigenvalue weighted by atomic mass is 79.9. The molecule has 1 rings (SSSR count). The first-order valence-corrected chi connectivity index (χ1v) is 5.80. The molecule has 0 radical (unpaired) electrons. The molecule has 0 spiro atoms. The van der Waals surface area contributed by atoms with E-state index in [9.17, 15) is 4.79 Å². The molecular formula is C11H15BrN2O. The molecule has 0 bridgehead atoms. The average molecular weight is 271 g/mol. The summed E-state index contributed by atoms with van der Waals surface area (Å²) in [6.45, 7) is 5.94. The van der Waals surface area contributed by atoms with Gasteiger partial charge in [-0.15, -0.1) is 0 Å². The molecule has 1 N–H and O–H groups in total. The number of carbonyl (C=O) groups is 1. The fourth-order valence-electron chi connectivity index (χ4n) is 1.10. The van der Waals surface area contributed by atoms with Crippen molar-refractivity contribution in [1.29, 1.82) is 0 Å². The van der Waals surface area contributed by atoms with Crippen LogP contribution in [0.2, 0.25) is 0 Å². The Kier molecular flexibility index (Phi) is 4.27. The first kappa shape index (κ1) is 12.2. The van der Waals surface area contributed by atoms with Gasteiger partial charge in [-0.05, 0) is 30.5 Å². The Hall–Kier alpha value is -0.900. The molecule has 1 unspecified atom stereocenters. The third kappa shape index (κ3) is 3.63. The highest BCUT2D eigenvalue weighted by molar-refractivity contribution is 9.10. The predicted octanol–water partition coefficient (Wildman–Crippen LogP) is 2.75. The number of anilines is 1. The summed E-state index contributed by atoms with van der Waals surface area (Å²) in [6.07, 6.45) is 1.68. The van der Waals surface area contributed by atoms with Gasteiger partial charge in [0.1, 0.15) is 5.82 Å². The molecule has 0 saturated heterocycles. The zero-order chi connectivity index (χ0) is 11.4. The van der Waals surface area contributed by atoms with Crippen LogP contribution in [0.5, 0.6) is 0 Å². The van der Waals surface area contributed by atoms with Crippen molar-refractivity contribution in [2.24, 2.45) is 5.92 Å². The number of carbonyl (C=O) groups excluding carboxylic acids is 1. The minimum absolute atomic E-state index is 0.0527. The van der Waals surface area contributed by atoms with E-state index >= 15 is 0 Å². The maximum Gasteiger partial charge on any atom is 0.239 e. The molecule has 82 valence electrons. The normalized spacial score (nSPS) is 12.6. The molecule has 4 heteroatoms. The minimum atomic E-state index is -0.181. The molecule has 0 aromatic carbocycles. The Bertz CT molecular complexity index is 352. The van der Waals surface area contributed by atoms with Crippen LogP contribution >= 0.6 is 15.9 Å². The molecular weight excluding hydrogens is 256 g/mol. The van der Waals surface area contributed by atoms with Crippen LogP contribution in [-0.2, 0) is 4.79 Å². The van der Waals surface area contributed by atoms with Gasteiger partial charge in [-0.3, -0.25) is 4.79 Å². The summed E-state index contributed by atoms with van der Waals surface area (Å²) in [5.41, 5.74) is 1.08. The van der Waals surface area contributed by atoms with E-state index in [2.05, 4.69) is 26.2 Å². The fraction of sp³-hybridized carbons (Fsp3) is 0.455. The van der Waals surface area contributed by atoms with Crippen LogP contribution in [0.4, 0.5) is 5.82 Å². The molecule has 1 heterocycles. The van der Waals surface area contributed by atoms with Crippen LogP contribution in [0.3, 0.4) is 0 Å². The molecule has 0 saturated carbocycles. The molecule has 1 amide bonds. The Balaban J connectivity index is 2.66. The fourth-order valence-corrected chi connectivity index (χ4v) is 1.22. The summed E-state index contributed by atoms with van der Waals surface area (Å²) in [5.74, 6) is 0.808. The zero-order valence-electron chi connectivity index (χ0n) is 9.12. The van der Waals surface area contributed by atoms with Crippen LogP contribution < -0.4 is 5.32 Å². The molecule has 0 aliphatic rings. The number of amides is 1. The summed E-state index contributed by atoms with van der Waals surface area (Å²) >= 11 is 3.34. The number of hydrogen-bond acceptors (Lipinski definition) is 2. The lowest BCUT2D eigenvalue weighted by Crippen LogP contribution is -2.27. The smallest absolute Gasteiger partial charge is 0.239 e. The van der Waals surface area contributed by atoms with Gasteiger partial charge < -0.3 is 5.32 Å². The van der Waals surface area contributed by atoms with Gasteiger partial charge in [0, 0.05) is 6.20 Å². The van der Waals surface area contributed by atoms with E-state index < -0.39 is 0 Å². The van der Waals surface area contributed by atoms with Crippen molar-refractivity contribution in [1.82, 2.24) is 4.98 Å². The third-order valence-corrected chi connectivity index (χ3v) is 3.48. The van der Waals surface area contributed by atoms with Crippen molar-refractivity contribution in [3.8, 4) is 0 Å².